The van der Waals surface area contributed by atoms with E-state index in [1.54, 1.807) is 18.2 Å². The van der Waals surface area contributed by atoms with Crippen molar-refractivity contribution in [3.63, 3.8) is 0 Å². The number of nitrogens with one attached hydrogen (secondary N) is 2. The number of carboxylic acid groups (broad SMARTS) is 2. The standard InChI is InChI=1S/C25H23N3O5/c1-33-22-11-19(24(29)30)18(10-20(22)25(31)32)16-5-3-2-4-13(16)8-15-12-28-21-7-6-14(23(26)27)9-17(15)21/h2-7,9-11,15,28H,8,12H2,1H3,(H3,26,27)(H,29,30)(H,31,32). The lowest BCUT2D eigenvalue weighted by molar-refractivity contribution is 0.0678. The third kappa shape index (κ3) is 4.10. The van der Waals surface area contributed by atoms with Crippen LogP contribution in [0.2, 0.25) is 0 Å². The smallest absolute Gasteiger partial charge is 0.339 e. The number of ether oxygens (including phenoxy) is 1. The Labute approximate surface area is 190 Å². The van der Waals surface area contributed by atoms with Crippen LogP contribution in [-0.2, 0) is 6.42 Å². The second kappa shape index (κ2) is 8.66. The summed E-state index contributed by atoms with van der Waals surface area (Å²) < 4.78 is 5.12. The lowest BCUT2D eigenvalue weighted by Gasteiger charge is -2.17. The second-order valence-electron chi connectivity index (χ2n) is 7.86. The van der Waals surface area contributed by atoms with E-state index in [9.17, 15) is 19.8 Å². The number of amidine groups is 1. The number of fused-ring (bicyclic) bond motifs is 1. The summed E-state index contributed by atoms with van der Waals surface area (Å²) in [5.41, 5.74) is 10.0. The zero-order chi connectivity index (χ0) is 23.7. The quantitative estimate of drug-likeness (QED) is 0.275. The van der Waals surface area contributed by atoms with E-state index in [1.165, 1.54) is 19.2 Å². The summed E-state index contributed by atoms with van der Waals surface area (Å²) in [6.45, 7) is 0.680. The number of hydrogen-bond donors (Lipinski definition) is 5. The highest BCUT2D eigenvalue weighted by Gasteiger charge is 2.26. The number of rotatable bonds is 7. The molecule has 4 rings (SSSR count). The predicted octanol–water partition coefficient (Wildman–Crippen LogP) is 3.79. The Kier molecular flexibility index (Phi) is 5.74. The van der Waals surface area contributed by atoms with Gasteiger partial charge >= 0.3 is 11.9 Å². The maximum absolute atomic E-state index is 12.0. The van der Waals surface area contributed by atoms with Crippen molar-refractivity contribution in [1.82, 2.24) is 0 Å². The van der Waals surface area contributed by atoms with Crippen LogP contribution in [0.5, 0.6) is 5.75 Å². The molecule has 1 aliphatic heterocycles. The van der Waals surface area contributed by atoms with Crippen LogP contribution in [0.1, 0.15) is 43.3 Å². The molecule has 0 aliphatic carbocycles. The molecular weight excluding hydrogens is 422 g/mol. The first kappa shape index (κ1) is 21.9. The van der Waals surface area contributed by atoms with Crippen LogP contribution in [0.3, 0.4) is 0 Å². The van der Waals surface area contributed by atoms with Crippen LogP contribution in [-0.4, -0.2) is 41.6 Å². The first-order valence-electron chi connectivity index (χ1n) is 10.3. The van der Waals surface area contributed by atoms with E-state index in [0.717, 1.165) is 16.8 Å². The largest absolute Gasteiger partial charge is 0.496 e. The number of carboxylic acids is 2. The number of carbonyl (C=O) groups is 2. The highest BCUT2D eigenvalue weighted by atomic mass is 16.5. The average Bonchev–Trinajstić information content (AvgIpc) is 3.20. The summed E-state index contributed by atoms with van der Waals surface area (Å²) in [4.78, 5) is 23.8. The zero-order valence-corrected chi connectivity index (χ0v) is 17.9. The predicted molar refractivity (Wildman–Crippen MR) is 125 cm³/mol. The van der Waals surface area contributed by atoms with Crippen molar-refractivity contribution >= 4 is 23.5 Å². The molecule has 0 saturated heterocycles. The molecule has 8 heteroatoms. The molecule has 8 nitrogen and oxygen atoms in total. The Morgan fingerprint density at radius 2 is 1.79 bits per heavy atom. The van der Waals surface area contributed by atoms with Crippen LogP contribution < -0.4 is 15.8 Å². The molecule has 1 unspecified atom stereocenters. The third-order valence-electron chi connectivity index (χ3n) is 5.92. The van der Waals surface area contributed by atoms with E-state index in [4.69, 9.17) is 15.9 Å². The monoisotopic (exact) mass is 445 g/mol. The minimum atomic E-state index is -1.20. The summed E-state index contributed by atoms with van der Waals surface area (Å²) in [6, 6.07) is 15.6. The lowest BCUT2D eigenvalue weighted by atomic mass is 9.87. The van der Waals surface area contributed by atoms with E-state index in [2.05, 4.69) is 5.32 Å². The van der Waals surface area contributed by atoms with Gasteiger partial charge in [-0.3, -0.25) is 5.41 Å². The van der Waals surface area contributed by atoms with Crippen molar-refractivity contribution in [2.75, 3.05) is 19.0 Å². The molecule has 1 heterocycles. The number of nitrogens with two attached hydrogens (primary N) is 1. The molecule has 33 heavy (non-hydrogen) atoms. The van der Waals surface area contributed by atoms with Crippen LogP contribution in [0.15, 0.2) is 54.6 Å². The molecule has 0 fully saturated rings. The Hall–Kier alpha value is -4.33. The fourth-order valence-corrected chi connectivity index (χ4v) is 4.30. The van der Waals surface area contributed by atoms with E-state index >= 15 is 0 Å². The van der Waals surface area contributed by atoms with Crippen molar-refractivity contribution in [2.45, 2.75) is 12.3 Å². The zero-order valence-electron chi connectivity index (χ0n) is 17.9. The molecule has 0 aromatic heterocycles. The molecule has 0 bridgehead atoms. The molecule has 0 amide bonds. The Balaban J connectivity index is 1.80. The lowest BCUT2D eigenvalue weighted by Crippen LogP contribution is -2.12. The maximum Gasteiger partial charge on any atom is 0.339 e. The van der Waals surface area contributed by atoms with Gasteiger partial charge in [-0.1, -0.05) is 24.3 Å². The maximum atomic E-state index is 12.0. The minimum absolute atomic E-state index is 0.00520. The number of benzene rings is 3. The number of methoxy groups -OCH3 is 1. The normalized spacial score (nSPS) is 14.3. The molecule has 3 aromatic carbocycles. The van der Waals surface area contributed by atoms with Gasteiger partial charge in [-0.25, -0.2) is 9.59 Å². The Morgan fingerprint density at radius 3 is 2.45 bits per heavy atom. The van der Waals surface area contributed by atoms with Crippen molar-refractivity contribution in [1.29, 1.82) is 5.41 Å². The molecule has 1 atom stereocenters. The van der Waals surface area contributed by atoms with E-state index < -0.39 is 11.9 Å². The highest BCUT2D eigenvalue weighted by Crippen LogP contribution is 2.38. The van der Waals surface area contributed by atoms with Gasteiger partial charge in [-0.2, -0.15) is 0 Å². The Morgan fingerprint density at radius 1 is 1.06 bits per heavy atom. The summed E-state index contributed by atoms with van der Waals surface area (Å²) in [5, 5.41) is 30.5. The van der Waals surface area contributed by atoms with Crippen LogP contribution >= 0.6 is 0 Å². The van der Waals surface area contributed by atoms with Crippen molar-refractivity contribution < 1.29 is 24.5 Å². The summed E-state index contributed by atoms with van der Waals surface area (Å²) in [5.74, 6) is -2.31. The Bertz CT molecular complexity index is 1290. The van der Waals surface area contributed by atoms with Crippen molar-refractivity contribution in [3.8, 4) is 16.9 Å². The number of nitrogen functional groups attached to an aromatic ring is 1. The molecule has 3 aromatic rings. The van der Waals surface area contributed by atoms with Gasteiger partial charge in [0, 0.05) is 23.7 Å². The van der Waals surface area contributed by atoms with E-state index in [0.29, 0.717) is 29.7 Å². The van der Waals surface area contributed by atoms with Gasteiger partial charge in [0.1, 0.15) is 17.1 Å². The summed E-state index contributed by atoms with van der Waals surface area (Å²) >= 11 is 0. The van der Waals surface area contributed by atoms with Gasteiger partial charge in [-0.15, -0.1) is 0 Å². The van der Waals surface area contributed by atoms with Gasteiger partial charge in [0.2, 0.25) is 0 Å². The number of anilines is 1. The van der Waals surface area contributed by atoms with Crippen LogP contribution in [0, 0.1) is 5.41 Å². The molecule has 0 spiro atoms. The van der Waals surface area contributed by atoms with E-state index in [1.807, 2.05) is 24.3 Å². The van der Waals surface area contributed by atoms with Gasteiger partial charge in [0.05, 0.1) is 12.7 Å². The van der Waals surface area contributed by atoms with Crippen LogP contribution in [0.25, 0.3) is 11.1 Å². The van der Waals surface area contributed by atoms with Crippen LogP contribution in [0.4, 0.5) is 5.69 Å². The topological polar surface area (TPSA) is 146 Å². The van der Waals surface area contributed by atoms with Gasteiger partial charge in [0.25, 0.3) is 0 Å². The number of hydrogen-bond acceptors (Lipinski definition) is 5. The van der Waals surface area contributed by atoms with Crippen molar-refractivity contribution in [2.24, 2.45) is 5.73 Å². The molecule has 6 N–H and O–H groups in total. The van der Waals surface area contributed by atoms with Gasteiger partial charge in [-0.05, 0) is 59.0 Å². The fraction of sp³-hybridized carbons (Fsp3) is 0.160. The van der Waals surface area contributed by atoms with E-state index in [-0.39, 0.29) is 28.6 Å². The molecule has 0 saturated carbocycles. The summed E-state index contributed by atoms with van der Waals surface area (Å²) in [7, 11) is 1.31. The molecule has 1 aliphatic rings. The number of aromatic carboxylic acids is 2. The highest BCUT2D eigenvalue weighted by molar-refractivity contribution is 6.01. The van der Waals surface area contributed by atoms with Gasteiger partial charge < -0.3 is 26.0 Å². The average molecular weight is 445 g/mol. The SMILES string of the molecule is COc1cc(C(=O)O)c(-c2ccccc2CC2CNc3ccc(C(=N)N)cc32)cc1C(=O)O. The fourth-order valence-electron chi connectivity index (χ4n) is 4.30. The first-order chi connectivity index (χ1) is 15.8. The third-order valence-corrected chi connectivity index (χ3v) is 5.92. The van der Waals surface area contributed by atoms with Crippen molar-refractivity contribution in [3.05, 3.63) is 82.4 Å². The molecule has 168 valence electrons. The molecular formula is C25H23N3O5. The summed E-state index contributed by atoms with van der Waals surface area (Å²) in [6.07, 6.45) is 0.588. The second-order valence-corrected chi connectivity index (χ2v) is 7.86. The molecule has 0 radical (unpaired) electrons. The van der Waals surface area contributed by atoms with Gasteiger partial charge in [0.15, 0.2) is 0 Å². The minimum Gasteiger partial charge on any atom is -0.496 e. The first-order valence-corrected chi connectivity index (χ1v) is 10.3.